The first kappa shape index (κ1) is 20.4. The van der Waals surface area contributed by atoms with Crippen molar-refractivity contribution in [2.45, 2.75) is 26.6 Å². The summed E-state index contributed by atoms with van der Waals surface area (Å²) in [6.07, 6.45) is 0.202. The van der Waals surface area contributed by atoms with Crippen LogP contribution in [0.3, 0.4) is 0 Å². The maximum Gasteiger partial charge on any atom is 0.416 e. The standard InChI is InChI=1S/C22H18F3NO3/c1-14-9-16(4-3-15(2)27)11-20(10-14)28-12-19-13-29-21(26-19)17-5-7-18(8-6-17)22(23,24)25/h3-11,13H,12H2,1-2H3. The second-order valence-corrected chi connectivity index (χ2v) is 6.53. The van der Waals surface area contributed by atoms with Crippen molar-refractivity contribution in [1.82, 2.24) is 4.98 Å². The normalized spacial score (nSPS) is 11.8. The number of alkyl halides is 3. The largest absolute Gasteiger partial charge is 0.487 e. The van der Waals surface area contributed by atoms with Crippen LogP contribution >= 0.6 is 0 Å². The number of rotatable bonds is 6. The summed E-state index contributed by atoms with van der Waals surface area (Å²) in [6.45, 7) is 3.52. The van der Waals surface area contributed by atoms with E-state index >= 15 is 0 Å². The van der Waals surface area contributed by atoms with Crippen LogP contribution in [-0.2, 0) is 17.6 Å². The summed E-state index contributed by atoms with van der Waals surface area (Å²) in [5.74, 6) is 0.770. The Labute approximate surface area is 165 Å². The average molecular weight is 401 g/mol. The predicted octanol–water partition coefficient (Wildman–Crippen LogP) is 5.85. The van der Waals surface area contributed by atoms with Gasteiger partial charge in [-0.1, -0.05) is 12.1 Å². The number of ether oxygens (including phenoxy) is 1. The van der Waals surface area contributed by atoms with Gasteiger partial charge in [-0.15, -0.1) is 0 Å². The lowest BCUT2D eigenvalue weighted by Gasteiger charge is -2.07. The minimum absolute atomic E-state index is 0.0487. The molecule has 0 atom stereocenters. The molecule has 0 amide bonds. The number of carbonyl (C=O) groups excluding carboxylic acids is 1. The molecule has 0 radical (unpaired) electrons. The van der Waals surface area contributed by atoms with E-state index in [0.29, 0.717) is 17.0 Å². The zero-order valence-electron chi connectivity index (χ0n) is 15.8. The molecular weight excluding hydrogens is 383 g/mol. The molecule has 1 aromatic heterocycles. The zero-order valence-corrected chi connectivity index (χ0v) is 15.8. The quantitative estimate of drug-likeness (QED) is 0.486. The molecule has 1 heterocycles. The fraction of sp³-hybridized carbons (Fsp3) is 0.182. The Hall–Kier alpha value is -3.35. The molecule has 0 unspecified atom stereocenters. The molecule has 150 valence electrons. The Kier molecular flexibility index (Phi) is 5.87. The van der Waals surface area contributed by atoms with Gasteiger partial charge in [-0.25, -0.2) is 4.98 Å². The highest BCUT2D eigenvalue weighted by Crippen LogP contribution is 2.31. The van der Waals surface area contributed by atoms with Crippen molar-refractivity contribution < 1.29 is 27.1 Å². The summed E-state index contributed by atoms with van der Waals surface area (Å²) < 4.78 is 49.1. The van der Waals surface area contributed by atoms with Crippen LogP contribution in [0.4, 0.5) is 13.2 Å². The second-order valence-electron chi connectivity index (χ2n) is 6.53. The second kappa shape index (κ2) is 8.34. The topological polar surface area (TPSA) is 52.3 Å². The van der Waals surface area contributed by atoms with E-state index in [9.17, 15) is 18.0 Å². The van der Waals surface area contributed by atoms with Crippen LogP contribution in [0.5, 0.6) is 5.75 Å². The number of allylic oxidation sites excluding steroid dienone is 1. The van der Waals surface area contributed by atoms with E-state index in [1.54, 1.807) is 12.1 Å². The molecule has 3 aromatic rings. The Morgan fingerprint density at radius 3 is 2.55 bits per heavy atom. The summed E-state index contributed by atoms with van der Waals surface area (Å²) in [7, 11) is 0. The van der Waals surface area contributed by atoms with Crippen molar-refractivity contribution in [3.63, 3.8) is 0 Å². The monoisotopic (exact) mass is 401 g/mol. The average Bonchev–Trinajstić information content (AvgIpc) is 3.13. The number of hydrogen-bond donors (Lipinski definition) is 0. The van der Waals surface area contributed by atoms with Gasteiger partial charge in [0.25, 0.3) is 0 Å². The Bertz CT molecular complexity index is 1030. The molecule has 2 aromatic carbocycles. The van der Waals surface area contributed by atoms with E-state index in [1.807, 2.05) is 19.1 Å². The third-order valence-electron chi connectivity index (χ3n) is 3.98. The van der Waals surface area contributed by atoms with Gasteiger partial charge < -0.3 is 9.15 Å². The molecule has 0 bridgehead atoms. The Balaban J connectivity index is 1.69. The molecule has 0 N–H and O–H groups in total. The fourth-order valence-corrected chi connectivity index (χ4v) is 2.63. The Morgan fingerprint density at radius 1 is 1.17 bits per heavy atom. The van der Waals surface area contributed by atoms with Crippen molar-refractivity contribution in [3.05, 3.63) is 77.2 Å². The van der Waals surface area contributed by atoms with Crippen LogP contribution in [0.15, 0.2) is 59.2 Å². The van der Waals surface area contributed by atoms with Gasteiger partial charge in [0.05, 0.1) is 5.56 Å². The number of ketones is 1. The van der Waals surface area contributed by atoms with Gasteiger partial charge in [0, 0.05) is 5.56 Å². The molecule has 0 saturated carbocycles. The molecule has 0 spiro atoms. The molecule has 29 heavy (non-hydrogen) atoms. The molecule has 0 saturated heterocycles. The van der Waals surface area contributed by atoms with Crippen LogP contribution in [0, 0.1) is 6.92 Å². The molecular formula is C22H18F3NO3. The van der Waals surface area contributed by atoms with Gasteiger partial charge >= 0.3 is 6.18 Å². The molecule has 4 nitrogen and oxygen atoms in total. The van der Waals surface area contributed by atoms with E-state index in [0.717, 1.165) is 23.3 Å². The van der Waals surface area contributed by atoms with E-state index in [1.165, 1.54) is 31.4 Å². The summed E-state index contributed by atoms with van der Waals surface area (Å²) >= 11 is 0. The lowest BCUT2D eigenvalue weighted by atomic mass is 10.1. The van der Waals surface area contributed by atoms with Crippen LogP contribution in [0.2, 0.25) is 0 Å². The van der Waals surface area contributed by atoms with Gasteiger partial charge in [0.15, 0.2) is 5.78 Å². The highest BCUT2D eigenvalue weighted by molar-refractivity contribution is 5.91. The number of aryl methyl sites for hydroxylation is 1. The SMILES string of the molecule is CC(=O)C=Cc1cc(C)cc(OCc2coc(-c3ccc(C(F)(F)F)cc3)n2)c1. The van der Waals surface area contributed by atoms with E-state index in [2.05, 4.69) is 4.98 Å². The highest BCUT2D eigenvalue weighted by atomic mass is 19.4. The van der Waals surface area contributed by atoms with Crippen molar-refractivity contribution in [2.24, 2.45) is 0 Å². The third-order valence-corrected chi connectivity index (χ3v) is 3.98. The smallest absolute Gasteiger partial charge is 0.416 e. The molecule has 7 heteroatoms. The number of carbonyl (C=O) groups is 1. The molecule has 0 fully saturated rings. The van der Waals surface area contributed by atoms with Gasteiger partial charge in [0.1, 0.15) is 24.3 Å². The van der Waals surface area contributed by atoms with Gasteiger partial charge in [-0.05, 0) is 67.4 Å². The first-order valence-electron chi connectivity index (χ1n) is 8.76. The maximum absolute atomic E-state index is 12.7. The van der Waals surface area contributed by atoms with E-state index < -0.39 is 11.7 Å². The predicted molar refractivity (Wildman–Crippen MR) is 102 cm³/mol. The first-order chi connectivity index (χ1) is 13.7. The third kappa shape index (κ3) is 5.57. The lowest BCUT2D eigenvalue weighted by Crippen LogP contribution is -2.04. The molecule has 3 rings (SSSR count). The Morgan fingerprint density at radius 2 is 1.90 bits per heavy atom. The van der Waals surface area contributed by atoms with Crippen LogP contribution < -0.4 is 4.74 Å². The van der Waals surface area contributed by atoms with E-state index in [-0.39, 0.29) is 18.3 Å². The number of hydrogen-bond acceptors (Lipinski definition) is 4. The summed E-state index contributed by atoms with van der Waals surface area (Å²) in [5.41, 5.74) is 2.02. The van der Waals surface area contributed by atoms with Crippen molar-refractivity contribution in [2.75, 3.05) is 0 Å². The minimum Gasteiger partial charge on any atom is -0.487 e. The first-order valence-corrected chi connectivity index (χ1v) is 8.76. The minimum atomic E-state index is -4.39. The van der Waals surface area contributed by atoms with Gasteiger partial charge in [-0.3, -0.25) is 4.79 Å². The number of nitrogens with zero attached hydrogens (tertiary/aromatic N) is 1. The highest BCUT2D eigenvalue weighted by Gasteiger charge is 2.30. The maximum atomic E-state index is 12.7. The summed E-state index contributed by atoms with van der Waals surface area (Å²) in [4.78, 5) is 15.4. The number of halogens is 3. The van der Waals surface area contributed by atoms with Crippen LogP contribution in [0.25, 0.3) is 17.5 Å². The number of oxazole rings is 1. The summed E-state index contributed by atoms with van der Waals surface area (Å²) in [5, 5.41) is 0. The van der Waals surface area contributed by atoms with Crippen molar-refractivity contribution in [1.29, 1.82) is 0 Å². The van der Waals surface area contributed by atoms with Crippen LogP contribution in [0.1, 0.15) is 29.3 Å². The van der Waals surface area contributed by atoms with Crippen molar-refractivity contribution in [3.8, 4) is 17.2 Å². The van der Waals surface area contributed by atoms with Crippen LogP contribution in [-0.4, -0.2) is 10.8 Å². The fourth-order valence-electron chi connectivity index (χ4n) is 2.63. The van der Waals surface area contributed by atoms with E-state index in [4.69, 9.17) is 9.15 Å². The molecule has 0 aliphatic carbocycles. The van der Waals surface area contributed by atoms with Gasteiger partial charge in [0.2, 0.25) is 5.89 Å². The van der Waals surface area contributed by atoms with Crippen molar-refractivity contribution >= 4 is 11.9 Å². The number of aromatic nitrogens is 1. The van der Waals surface area contributed by atoms with Gasteiger partial charge in [-0.2, -0.15) is 13.2 Å². The molecule has 0 aliphatic rings. The molecule has 0 aliphatic heterocycles. The lowest BCUT2D eigenvalue weighted by molar-refractivity contribution is -0.137. The zero-order chi connectivity index (χ0) is 21.0. The number of benzene rings is 2. The summed E-state index contributed by atoms with van der Waals surface area (Å²) in [6, 6.07) is 10.2.